The lowest BCUT2D eigenvalue weighted by Crippen LogP contribution is -2.33. The van der Waals surface area contributed by atoms with Crippen molar-refractivity contribution in [3.63, 3.8) is 0 Å². The van der Waals surface area contributed by atoms with Crippen LogP contribution in [0.2, 0.25) is 0 Å². The summed E-state index contributed by atoms with van der Waals surface area (Å²) in [7, 11) is 3.98. The SMILES string of the molecule is CN(C)c1ccc2c(c1)CN(C(=O)c1cnccn1)CCO2. The van der Waals surface area contributed by atoms with Crippen molar-refractivity contribution in [2.45, 2.75) is 6.54 Å². The minimum atomic E-state index is -0.125. The zero-order chi connectivity index (χ0) is 15.5. The molecule has 0 saturated heterocycles. The van der Waals surface area contributed by atoms with Crippen molar-refractivity contribution in [1.29, 1.82) is 0 Å². The molecule has 1 aliphatic heterocycles. The molecule has 3 rings (SSSR count). The van der Waals surface area contributed by atoms with E-state index in [1.54, 1.807) is 11.1 Å². The standard InChI is InChI=1S/C16H18N4O2/c1-19(2)13-3-4-15-12(9-13)11-20(7-8-22-15)16(21)14-10-17-5-6-18-14/h3-6,9-10H,7-8,11H2,1-2H3. The fourth-order valence-electron chi connectivity index (χ4n) is 2.40. The van der Waals surface area contributed by atoms with Gasteiger partial charge in [0.2, 0.25) is 0 Å². The van der Waals surface area contributed by atoms with Crippen LogP contribution in [-0.4, -0.2) is 48.0 Å². The summed E-state index contributed by atoms with van der Waals surface area (Å²) < 4.78 is 5.75. The fourth-order valence-corrected chi connectivity index (χ4v) is 2.40. The molecule has 1 aromatic heterocycles. The maximum atomic E-state index is 12.5. The summed E-state index contributed by atoms with van der Waals surface area (Å²) in [5.74, 6) is 0.708. The minimum absolute atomic E-state index is 0.125. The quantitative estimate of drug-likeness (QED) is 0.842. The number of anilines is 1. The van der Waals surface area contributed by atoms with Crippen LogP contribution < -0.4 is 9.64 Å². The molecule has 0 radical (unpaired) electrons. The van der Waals surface area contributed by atoms with Crippen LogP contribution in [0.5, 0.6) is 5.75 Å². The van der Waals surface area contributed by atoms with E-state index in [1.165, 1.54) is 12.4 Å². The van der Waals surface area contributed by atoms with E-state index in [9.17, 15) is 4.79 Å². The van der Waals surface area contributed by atoms with E-state index in [-0.39, 0.29) is 5.91 Å². The van der Waals surface area contributed by atoms with Gasteiger partial charge in [0.05, 0.1) is 12.7 Å². The van der Waals surface area contributed by atoms with Crippen LogP contribution in [0.4, 0.5) is 5.69 Å². The summed E-state index contributed by atoms with van der Waals surface area (Å²) in [5, 5.41) is 0. The molecule has 0 N–H and O–H groups in total. The van der Waals surface area contributed by atoms with Gasteiger partial charge in [0.1, 0.15) is 18.1 Å². The lowest BCUT2D eigenvalue weighted by Gasteiger charge is -2.20. The van der Waals surface area contributed by atoms with Crippen molar-refractivity contribution in [2.24, 2.45) is 0 Å². The van der Waals surface area contributed by atoms with E-state index in [2.05, 4.69) is 16.0 Å². The van der Waals surface area contributed by atoms with Crippen molar-refractivity contribution in [3.05, 3.63) is 48.0 Å². The third-order valence-corrected chi connectivity index (χ3v) is 3.61. The highest BCUT2D eigenvalue weighted by Gasteiger charge is 2.22. The lowest BCUT2D eigenvalue weighted by atomic mass is 10.1. The van der Waals surface area contributed by atoms with Gasteiger partial charge in [-0.05, 0) is 18.2 Å². The second-order valence-electron chi connectivity index (χ2n) is 5.35. The molecule has 0 unspecified atom stereocenters. The van der Waals surface area contributed by atoms with Gasteiger partial charge in [-0.2, -0.15) is 0 Å². The maximum Gasteiger partial charge on any atom is 0.274 e. The summed E-state index contributed by atoms with van der Waals surface area (Å²) in [6, 6.07) is 6.03. The Balaban J connectivity index is 1.87. The van der Waals surface area contributed by atoms with Crippen LogP contribution in [0.1, 0.15) is 16.1 Å². The van der Waals surface area contributed by atoms with Crippen LogP contribution in [0.3, 0.4) is 0 Å². The molecule has 0 atom stereocenters. The zero-order valence-electron chi connectivity index (χ0n) is 12.7. The van der Waals surface area contributed by atoms with Crippen molar-refractivity contribution in [3.8, 4) is 5.75 Å². The van der Waals surface area contributed by atoms with E-state index in [1.807, 2.05) is 31.1 Å². The molecule has 0 aliphatic carbocycles. The van der Waals surface area contributed by atoms with Crippen LogP contribution in [0.25, 0.3) is 0 Å². The molecule has 22 heavy (non-hydrogen) atoms. The summed E-state index contributed by atoms with van der Waals surface area (Å²) in [5.41, 5.74) is 2.44. The highest BCUT2D eigenvalue weighted by Crippen LogP contribution is 2.27. The Kier molecular flexibility index (Phi) is 3.91. The first kappa shape index (κ1) is 14.3. The molecule has 0 spiro atoms. The average Bonchev–Trinajstić information content (AvgIpc) is 2.76. The Morgan fingerprint density at radius 2 is 2.18 bits per heavy atom. The molecule has 0 saturated carbocycles. The number of aromatic nitrogens is 2. The van der Waals surface area contributed by atoms with Gasteiger partial charge in [-0.25, -0.2) is 4.98 Å². The molecule has 6 heteroatoms. The molecule has 1 aromatic carbocycles. The Morgan fingerprint density at radius 3 is 2.91 bits per heavy atom. The Labute approximate surface area is 129 Å². The van der Waals surface area contributed by atoms with Crippen molar-refractivity contribution >= 4 is 11.6 Å². The minimum Gasteiger partial charge on any atom is -0.491 e. The summed E-state index contributed by atoms with van der Waals surface area (Å²) in [6.07, 6.45) is 4.58. The number of hydrogen-bond donors (Lipinski definition) is 0. The molecular formula is C16H18N4O2. The van der Waals surface area contributed by atoms with Gasteiger partial charge in [-0.15, -0.1) is 0 Å². The van der Waals surface area contributed by atoms with Crippen molar-refractivity contribution in [1.82, 2.24) is 14.9 Å². The second kappa shape index (κ2) is 6.01. The van der Waals surface area contributed by atoms with Gasteiger partial charge in [0.15, 0.2) is 0 Å². The van der Waals surface area contributed by atoms with E-state index >= 15 is 0 Å². The number of carbonyl (C=O) groups excluding carboxylic acids is 1. The molecule has 6 nitrogen and oxygen atoms in total. The first-order valence-electron chi connectivity index (χ1n) is 7.13. The number of amides is 1. The third-order valence-electron chi connectivity index (χ3n) is 3.61. The van der Waals surface area contributed by atoms with Gasteiger partial charge in [-0.3, -0.25) is 9.78 Å². The summed E-state index contributed by atoms with van der Waals surface area (Å²) in [6.45, 7) is 1.51. The molecule has 0 fully saturated rings. The van der Waals surface area contributed by atoms with Crippen molar-refractivity contribution in [2.75, 3.05) is 32.1 Å². The van der Waals surface area contributed by atoms with E-state index in [0.717, 1.165) is 17.0 Å². The normalized spacial score (nSPS) is 13.8. The first-order chi connectivity index (χ1) is 10.6. The molecule has 2 aromatic rings. The van der Waals surface area contributed by atoms with Crippen LogP contribution in [0.15, 0.2) is 36.8 Å². The predicted molar refractivity (Wildman–Crippen MR) is 83.0 cm³/mol. The molecule has 2 heterocycles. The molecule has 114 valence electrons. The zero-order valence-corrected chi connectivity index (χ0v) is 12.7. The van der Waals surface area contributed by atoms with E-state index in [0.29, 0.717) is 25.4 Å². The second-order valence-corrected chi connectivity index (χ2v) is 5.35. The largest absolute Gasteiger partial charge is 0.491 e. The number of ether oxygens (including phenoxy) is 1. The average molecular weight is 298 g/mol. The third kappa shape index (κ3) is 2.86. The number of nitrogens with zero attached hydrogens (tertiary/aromatic N) is 4. The smallest absolute Gasteiger partial charge is 0.274 e. The van der Waals surface area contributed by atoms with Gasteiger partial charge in [-0.1, -0.05) is 0 Å². The van der Waals surface area contributed by atoms with Gasteiger partial charge in [0.25, 0.3) is 5.91 Å². The number of fused-ring (bicyclic) bond motifs is 1. The highest BCUT2D eigenvalue weighted by atomic mass is 16.5. The number of rotatable bonds is 2. The van der Waals surface area contributed by atoms with E-state index < -0.39 is 0 Å². The van der Waals surface area contributed by atoms with Gasteiger partial charge < -0.3 is 14.5 Å². The topological polar surface area (TPSA) is 58.6 Å². The van der Waals surface area contributed by atoms with E-state index in [4.69, 9.17) is 4.74 Å². The number of benzene rings is 1. The molecule has 0 bridgehead atoms. The molecule has 1 aliphatic rings. The van der Waals surface area contributed by atoms with Gasteiger partial charge in [0, 0.05) is 44.3 Å². The highest BCUT2D eigenvalue weighted by molar-refractivity contribution is 5.92. The number of carbonyl (C=O) groups is 1. The molecular weight excluding hydrogens is 280 g/mol. The summed E-state index contributed by atoms with van der Waals surface area (Å²) >= 11 is 0. The monoisotopic (exact) mass is 298 g/mol. The fraction of sp³-hybridized carbons (Fsp3) is 0.312. The Hall–Kier alpha value is -2.63. The Morgan fingerprint density at radius 1 is 1.32 bits per heavy atom. The Bertz CT molecular complexity index is 673. The molecule has 1 amide bonds. The maximum absolute atomic E-state index is 12.5. The predicted octanol–water partition coefficient (Wildman–Crippen LogP) is 1.58. The summed E-state index contributed by atoms with van der Waals surface area (Å²) in [4.78, 5) is 24.4. The number of hydrogen-bond acceptors (Lipinski definition) is 5. The van der Waals surface area contributed by atoms with Crippen LogP contribution in [0, 0.1) is 0 Å². The lowest BCUT2D eigenvalue weighted by molar-refractivity contribution is 0.0727. The van der Waals surface area contributed by atoms with Crippen LogP contribution >= 0.6 is 0 Å². The van der Waals surface area contributed by atoms with Crippen molar-refractivity contribution < 1.29 is 9.53 Å². The van der Waals surface area contributed by atoms with Crippen LogP contribution in [-0.2, 0) is 6.54 Å². The van der Waals surface area contributed by atoms with Gasteiger partial charge >= 0.3 is 0 Å². The first-order valence-corrected chi connectivity index (χ1v) is 7.13.